The van der Waals surface area contributed by atoms with Crippen molar-refractivity contribution in [1.82, 2.24) is 5.32 Å². The fourth-order valence-corrected chi connectivity index (χ4v) is 3.56. The van der Waals surface area contributed by atoms with Crippen molar-refractivity contribution < 1.29 is 4.79 Å². The number of amidine groups is 1. The molecule has 3 rings (SSSR count). The number of thioether (sulfide) groups is 1. The van der Waals surface area contributed by atoms with Crippen LogP contribution in [0.2, 0.25) is 0 Å². The fourth-order valence-electron chi connectivity index (χ4n) is 2.40. The van der Waals surface area contributed by atoms with Crippen molar-refractivity contribution in [2.45, 2.75) is 20.8 Å². The normalized spacial score (nSPS) is 18.0. The quantitative estimate of drug-likeness (QED) is 0.690. The van der Waals surface area contributed by atoms with E-state index in [1.54, 1.807) is 0 Å². The minimum atomic E-state index is -0.0931. The van der Waals surface area contributed by atoms with Crippen LogP contribution in [0.3, 0.4) is 0 Å². The molecule has 0 aliphatic carbocycles. The summed E-state index contributed by atoms with van der Waals surface area (Å²) in [6.07, 6.45) is 0. The van der Waals surface area contributed by atoms with Crippen LogP contribution in [-0.2, 0) is 4.79 Å². The zero-order valence-electron chi connectivity index (χ0n) is 13.7. The molecule has 0 spiro atoms. The number of benzene rings is 2. The number of aliphatic imine (C=N–C) groups is 1. The first kappa shape index (κ1) is 17.0. The topological polar surface area (TPSA) is 41.5 Å². The number of hydrogen-bond acceptors (Lipinski definition) is 3. The molecule has 1 heterocycles. The van der Waals surface area contributed by atoms with Crippen molar-refractivity contribution in [2.24, 2.45) is 4.99 Å². The molecule has 24 heavy (non-hydrogen) atoms. The van der Waals surface area contributed by atoms with Crippen LogP contribution >= 0.6 is 27.7 Å². The van der Waals surface area contributed by atoms with E-state index in [1.807, 2.05) is 57.2 Å². The van der Waals surface area contributed by atoms with Gasteiger partial charge in [-0.2, -0.15) is 0 Å². The van der Waals surface area contributed by atoms with Crippen LogP contribution in [0.15, 0.2) is 56.8 Å². The van der Waals surface area contributed by atoms with Gasteiger partial charge < -0.3 is 5.32 Å². The van der Waals surface area contributed by atoms with E-state index in [2.05, 4.69) is 32.3 Å². The second-order valence-corrected chi connectivity index (χ2v) is 7.64. The molecule has 1 amide bonds. The predicted octanol–water partition coefficient (Wildman–Crippen LogP) is 5.35. The molecule has 1 saturated heterocycles. The summed E-state index contributed by atoms with van der Waals surface area (Å²) in [5, 5.41) is 3.49. The number of amides is 1. The lowest BCUT2D eigenvalue weighted by atomic mass is 10.1. The Hall–Kier alpha value is -1.85. The van der Waals surface area contributed by atoms with Gasteiger partial charge in [-0.3, -0.25) is 4.79 Å². The van der Waals surface area contributed by atoms with Crippen molar-refractivity contribution >= 4 is 50.0 Å². The van der Waals surface area contributed by atoms with Crippen LogP contribution in [0.25, 0.3) is 5.57 Å². The second kappa shape index (κ2) is 6.95. The number of carbonyl (C=O) groups excluding carboxylic acids is 1. The highest BCUT2D eigenvalue weighted by molar-refractivity contribution is 9.10. The summed E-state index contributed by atoms with van der Waals surface area (Å²) < 4.78 is 1.02. The van der Waals surface area contributed by atoms with Gasteiger partial charge in [0.05, 0.1) is 10.6 Å². The van der Waals surface area contributed by atoms with Crippen molar-refractivity contribution in [2.75, 3.05) is 0 Å². The molecule has 0 aromatic heterocycles. The minimum Gasteiger partial charge on any atom is -0.300 e. The number of nitrogens with one attached hydrogen (secondary N) is 1. The van der Waals surface area contributed by atoms with E-state index in [4.69, 9.17) is 0 Å². The first-order chi connectivity index (χ1) is 11.4. The molecule has 0 radical (unpaired) electrons. The SMILES string of the molecule is C/C(=C1/SC(=Nc2cc(C)ccc2C)NC1=O)c1ccc(Br)cc1. The van der Waals surface area contributed by atoms with Gasteiger partial charge in [-0.05, 0) is 73.0 Å². The number of rotatable bonds is 2. The van der Waals surface area contributed by atoms with Gasteiger partial charge in [-0.25, -0.2) is 4.99 Å². The van der Waals surface area contributed by atoms with E-state index in [9.17, 15) is 4.79 Å². The lowest BCUT2D eigenvalue weighted by Crippen LogP contribution is -2.19. The third kappa shape index (κ3) is 3.62. The molecule has 0 atom stereocenters. The van der Waals surface area contributed by atoms with Gasteiger partial charge in [0.15, 0.2) is 5.17 Å². The second-order valence-electron chi connectivity index (χ2n) is 5.72. The molecule has 0 bridgehead atoms. The molecule has 2 aromatic carbocycles. The van der Waals surface area contributed by atoms with E-state index >= 15 is 0 Å². The molecule has 0 saturated carbocycles. The Labute approximate surface area is 154 Å². The highest BCUT2D eigenvalue weighted by Crippen LogP contribution is 2.33. The van der Waals surface area contributed by atoms with Crippen LogP contribution in [0, 0.1) is 13.8 Å². The standard InChI is InChI=1S/C19H17BrN2OS/c1-11-4-5-12(2)16(10-11)21-19-22-18(23)17(24-19)13(3)14-6-8-15(20)9-7-14/h4-10H,1-3H3,(H,21,22,23)/b17-13-. The van der Waals surface area contributed by atoms with E-state index < -0.39 is 0 Å². The van der Waals surface area contributed by atoms with E-state index in [0.717, 1.165) is 32.4 Å². The fraction of sp³-hybridized carbons (Fsp3) is 0.158. The Kier molecular flexibility index (Phi) is 4.92. The number of halogens is 1. The Morgan fingerprint density at radius 2 is 1.83 bits per heavy atom. The number of aryl methyl sites for hydroxylation is 2. The molecule has 2 aromatic rings. The number of allylic oxidation sites excluding steroid dienone is 1. The molecule has 122 valence electrons. The monoisotopic (exact) mass is 400 g/mol. The summed E-state index contributed by atoms with van der Waals surface area (Å²) in [6, 6.07) is 14.1. The van der Waals surface area contributed by atoms with Crippen LogP contribution in [0.5, 0.6) is 0 Å². The minimum absolute atomic E-state index is 0.0931. The van der Waals surface area contributed by atoms with Crippen molar-refractivity contribution in [3.8, 4) is 0 Å². The molecule has 0 unspecified atom stereocenters. The maximum atomic E-state index is 12.3. The first-order valence-corrected chi connectivity index (χ1v) is 9.17. The third-order valence-electron chi connectivity index (χ3n) is 3.83. The van der Waals surface area contributed by atoms with Crippen LogP contribution in [0.1, 0.15) is 23.6 Å². The van der Waals surface area contributed by atoms with Gasteiger partial charge in [-0.15, -0.1) is 0 Å². The van der Waals surface area contributed by atoms with Crippen LogP contribution in [0.4, 0.5) is 5.69 Å². The summed E-state index contributed by atoms with van der Waals surface area (Å²) in [4.78, 5) is 17.6. The van der Waals surface area contributed by atoms with Crippen LogP contribution in [-0.4, -0.2) is 11.1 Å². The van der Waals surface area contributed by atoms with E-state index in [0.29, 0.717) is 10.1 Å². The number of hydrogen-bond donors (Lipinski definition) is 1. The highest BCUT2D eigenvalue weighted by atomic mass is 79.9. The first-order valence-electron chi connectivity index (χ1n) is 7.56. The van der Waals surface area contributed by atoms with Gasteiger partial charge in [0.1, 0.15) is 0 Å². The lowest BCUT2D eigenvalue weighted by Gasteiger charge is -2.04. The largest absolute Gasteiger partial charge is 0.300 e. The van der Waals surface area contributed by atoms with Crippen molar-refractivity contribution in [1.29, 1.82) is 0 Å². The van der Waals surface area contributed by atoms with Gasteiger partial charge in [0.25, 0.3) is 5.91 Å². The summed E-state index contributed by atoms with van der Waals surface area (Å²) in [6.45, 7) is 6.02. The van der Waals surface area contributed by atoms with Gasteiger partial charge in [0, 0.05) is 4.47 Å². The molecule has 1 aliphatic rings. The third-order valence-corrected chi connectivity index (χ3v) is 5.44. The van der Waals surface area contributed by atoms with E-state index in [-0.39, 0.29) is 5.91 Å². The Morgan fingerprint density at radius 3 is 2.54 bits per heavy atom. The van der Waals surface area contributed by atoms with Crippen molar-refractivity contribution in [3.63, 3.8) is 0 Å². The summed E-state index contributed by atoms with van der Waals surface area (Å²) in [5.74, 6) is -0.0931. The number of nitrogens with zero attached hydrogens (tertiary/aromatic N) is 1. The smallest absolute Gasteiger partial charge is 0.264 e. The Bertz CT molecular complexity index is 869. The van der Waals surface area contributed by atoms with Crippen LogP contribution < -0.4 is 5.32 Å². The molecule has 1 aliphatic heterocycles. The number of carbonyl (C=O) groups is 1. The molecular weight excluding hydrogens is 384 g/mol. The zero-order valence-corrected chi connectivity index (χ0v) is 16.1. The maximum Gasteiger partial charge on any atom is 0.264 e. The van der Waals surface area contributed by atoms with E-state index in [1.165, 1.54) is 11.8 Å². The molecule has 5 heteroatoms. The highest BCUT2D eigenvalue weighted by Gasteiger charge is 2.26. The Balaban J connectivity index is 1.93. The van der Waals surface area contributed by atoms with Crippen molar-refractivity contribution in [3.05, 3.63) is 68.5 Å². The maximum absolute atomic E-state index is 12.3. The molecule has 1 N–H and O–H groups in total. The lowest BCUT2D eigenvalue weighted by molar-refractivity contribution is -0.115. The van der Waals surface area contributed by atoms with Gasteiger partial charge in [-0.1, -0.05) is 40.2 Å². The summed E-state index contributed by atoms with van der Waals surface area (Å²) in [5.41, 5.74) is 5.11. The average molecular weight is 401 g/mol. The average Bonchev–Trinajstić information content (AvgIpc) is 2.91. The summed E-state index contributed by atoms with van der Waals surface area (Å²) in [7, 11) is 0. The Morgan fingerprint density at radius 1 is 1.12 bits per heavy atom. The van der Waals surface area contributed by atoms with Gasteiger partial charge >= 0.3 is 0 Å². The molecule has 1 fully saturated rings. The molecule has 3 nitrogen and oxygen atoms in total. The predicted molar refractivity (Wildman–Crippen MR) is 105 cm³/mol. The zero-order chi connectivity index (χ0) is 17.3. The molecular formula is C19H17BrN2OS. The summed E-state index contributed by atoms with van der Waals surface area (Å²) >= 11 is 4.82. The van der Waals surface area contributed by atoms with Gasteiger partial charge in [0.2, 0.25) is 0 Å².